The second-order valence-corrected chi connectivity index (χ2v) is 4.91. The van der Waals surface area contributed by atoms with Gasteiger partial charge >= 0.3 is 0 Å². The van der Waals surface area contributed by atoms with Crippen LogP contribution in [0.2, 0.25) is 0 Å². The van der Waals surface area contributed by atoms with Crippen LogP contribution in [0.4, 0.5) is 0 Å². The van der Waals surface area contributed by atoms with Crippen molar-refractivity contribution in [2.75, 3.05) is 6.54 Å². The largest absolute Gasteiger partial charge is 0.331 e. The number of hydrogen-bond donors (Lipinski definition) is 1. The number of nitrogens with one attached hydrogen (secondary N) is 1. The molecule has 1 atom stereocenters. The molecule has 0 aliphatic carbocycles. The predicted octanol–water partition coefficient (Wildman–Crippen LogP) is 2.26. The molecule has 0 saturated carbocycles. The fourth-order valence-corrected chi connectivity index (χ4v) is 2.73. The lowest BCUT2D eigenvalue weighted by Crippen LogP contribution is -2.22. The highest BCUT2D eigenvalue weighted by Gasteiger charge is 2.15. The summed E-state index contributed by atoms with van der Waals surface area (Å²) in [5.74, 6) is 1.21. The van der Waals surface area contributed by atoms with Gasteiger partial charge in [-0.1, -0.05) is 12.1 Å². The van der Waals surface area contributed by atoms with Crippen LogP contribution in [0, 0.1) is 0 Å². The fourth-order valence-electron chi connectivity index (χ4n) is 2.73. The second kappa shape index (κ2) is 4.49. The molecule has 3 rings (SSSR count). The molecule has 0 radical (unpaired) electrons. The number of para-hydroxylation sites is 2. The summed E-state index contributed by atoms with van der Waals surface area (Å²) in [6.45, 7) is 1.19. The fraction of sp³-hybridized carbons (Fsp3) is 0.500. The summed E-state index contributed by atoms with van der Waals surface area (Å²) in [5, 5.41) is 3.54. The SMILES string of the molecule is Cn1c(CCC2CCCN2)nc2ccccc21. The minimum absolute atomic E-state index is 0.704. The number of hydrogen-bond acceptors (Lipinski definition) is 2. The first kappa shape index (κ1) is 10.8. The van der Waals surface area contributed by atoms with Crippen molar-refractivity contribution in [3.05, 3.63) is 30.1 Å². The molecule has 1 fully saturated rings. The average molecular weight is 229 g/mol. The van der Waals surface area contributed by atoms with E-state index in [0.717, 1.165) is 11.9 Å². The van der Waals surface area contributed by atoms with Gasteiger partial charge in [-0.05, 0) is 37.9 Å². The Morgan fingerprint density at radius 2 is 2.29 bits per heavy atom. The van der Waals surface area contributed by atoms with Gasteiger partial charge in [0.05, 0.1) is 11.0 Å². The second-order valence-electron chi connectivity index (χ2n) is 4.91. The third-order valence-corrected chi connectivity index (χ3v) is 3.76. The van der Waals surface area contributed by atoms with Crippen molar-refractivity contribution in [3.63, 3.8) is 0 Å². The van der Waals surface area contributed by atoms with Gasteiger partial charge in [-0.15, -0.1) is 0 Å². The minimum atomic E-state index is 0.704. The van der Waals surface area contributed by atoms with Gasteiger partial charge in [-0.3, -0.25) is 0 Å². The Hall–Kier alpha value is -1.35. The van der Waals surface area contributed by atoms with E-state index in [-0.39, 0.29) is 0 Å². The van der Waals surface area contributed by atoms with Crippen molar-refractivity contribution in [1.29, 1.82) is 0 Å². The van der Waals surface area contributed by atoms with Crippen molar-refractivity contribution in [2.24, 2.45) is 7.05 Å². The number of benzene rings is 1. The van der Waals surface area contributed by atoms with E-state index in [4.69, 9.17) is 4.98 Å². The maximum absolute atomic E-state index is 4.71. The lowest BCUT2D eigenvalue weighted by molar-refractivity contribution is 0.546. The van der Waals surface area contributed by atoms with Gasteiger partial charge in [0.2, 0.25) is 0 Å². The van der Waals surface area contributed by atoms with Gasteiger partial charge in [-0.25, -0.2) is 4.98 Å². The first-order chi connectivity index (χ1) is 8.34. The van der Waals surface area contributed by atoms with Crippen molar-refractivity contribution < 1.29 is 0 Å². The Morgan fingerprint density at radius 3 is 3.06 bits per heavy atom. The summed E-state index contributed by atoms with van der Waals surface area (Å²) < 4.78 is 2.23. The van der Waals surface area contributed by atoms with Crippen molar-refractivity contribution >= 4 is 11.0 Å². The van der Waals surface area contributed by atoms with E-state index < -0.39 is 0 Å². The first-order valence-electron chi connectivity index (χ1n) is 6.48. The summed E-state index contributed by atoms with van der Waals surface area (Å²) in [5.41, 5.74) is 2.35. The molecule has 0 amide bonds. The third kappa shape index (κ3) is 2.07. The van der Waals surface area contributed by atoms with Crippen LogP contribution < -0.4 is 5.32 Å². The Morgan fingerprint density at radius 1 is 1.41 bits per heavy atom. The molecule has 0 bridgehead atoms. The van der Waals surface area contributed by atoms with Crippen LogP contribution in [0.25, 0.3) is 11.0 Å². The van der Waals surface area contributed by atoms with E-state index in [9.17, 15) is 0 Å². The van der Waals surface area contributed by atoms with Gasteiger partial charge < -0.3 is 9.88 Å². The van der Waals surface area contributed by atoms with Crippen molar-refractivity contribution in [3.8, 4) is 0 Å². The lowest BCUT2D eigenvalue weighted by Gasteiger charge is -2.09. The summed E-state index contributed by atoms with van der Waals surface area (Å²) in [7, 11) is 2.12. The molecule has 3 heteroatoms. The highest BCUT2D eigenvalue weighted by molar-refractivity contribution is 5.75. The zero-order valence-corrected chi connectivity index (χ0v) is 10.3. The van der Waals surface area contributed by atoms with Gasteiger partial charge in [0.15, 0.2) is 0 Å². The van der Waals surface area contributed by atoms with Gasteiger partial charge in [0.25, 0.3) is 0 Å². The summed E-state index contributed by atoms with van der Waals surface area (Å²) >= 11 is 0. The smallest absolute Gasteiger partial charge is 0.109 e. The van der Waals surface area contributed by atoms with Crippen molar-refractivity contribution in [1.82, 2.24) is 14.9 Å². The molecule has 2 heterocycles. The van der Waals surface area contributed by atoms with Crippen LogP contribution in [0.3, 0.4) is 0 Å². The van der Waals surface area contributed by atoms with Crippen LogP contribution in [0.5, 0.6) is 0 Å². The lowest BCUT2D eigenvalue weighted by atomic mass is 10.1. The first-order valence-corrected chi connectivity index (χ1v) is 6.48. The van der Waals surface area contributed by atoms with Crippen LogP contribution >= 0.6 is 0 Å². The van der Waals surface area contributed by atoms with E-state index >= 15 is 0 Å². The molecule has 1 saturated heterocycles. The summed E-state index contributed by atoms with van der Waals surface area (Å²) in [6, 6.07) is 9.06. The van der Waals surface area contributed by atoms with E-state index in [1.165, 1.54) is 37.1 Å². The molecule has 1 N–H and O–H groups in total. The maximum atomic E-state index is 4.71. The van der Waals surface area contributed by atoms with E-state index in [1.807, 2.05) is 0 Å². The number of fused-ring (bicyclic) bond motifs is 1. The summed E-state index contributed by atoms with van der Waals surface area (Å²) in [6.07, 6.45) is 4.93. The van der Waals surface area contributed by atoms with E-state index in [2.05, 4.69) is 41.2 Å². The highest BCUT2D eigenvalue weighted by Crippen LogP contribution is 2.17. The molecule has 1 aromatic carbocycles. The average Bonchev–Trinajstić information content (AvgIpc) is 2.96. The van der Waals surface area contributed by atoms with Crippen LogP contribution in [-0.2, 0) is 13.5 Å². The molecule has 0 spiro atoms. The highest BCUT2D eigenvalue weighted by atomic mass is 15.1. The molecule has 1 unspecified atom stereocenters. The number of rotatable bonds is 3. The molecule has 17 heavy (non-hydrogen) atoms. The Labute approximate surface area is 102 Å². The minimum Gasteiger partial charge on any atom is -0.331 e. The monoisotopic (exact) mass is 229 g/mol. The predicted molar refractivity (Wildman–Crippen MR) is 70.1 cm³/mol. The molecular formula is C14H19N3. The summed E-state index contributed by atoms with van der Waals surface area (Å²) in [4.78, 5) is 4.71. The Balaban J connectivity index is 1.78. The van der Waals surface area contributed by atoms with Crippen molar-refractivity contribution in [2.45, 2.75) is 31.7 Å². The molecule has 2 aromatic rings. The topological polar surface area (TPSA) is 29.9 Å². The number of aromatic nitrogens is 2. The van der Waals surface area contributed by atoms with Crippen LogP contribution in [-0.4, -0.2) is 22.1 Å². The standard InChI is InChI=1S/C14H19N3/c1-17-13-7-3-2-6-12(13)16-14(17)9-8-11-5-4-10-15-11/h2-3,6-7,11,15H,4-5,8-10H2,1H3. The Bertz CT molecular complexity index is 509. The van der Waals surface area contributed by atoms with Gasteiger partial charge in [0, 0.05) is 19.5 Å². The van der Waals surface area contributed by atoms with Gasteiger partial charge in [-0.2, -0.15) is 0 Å². The molecule has 3 nitrogen and oxygen atoms in total. The zero-order chi connectivity index (χ0) is 11.7. The number of aryl methyl sites for hydroxylation is 2. The molecular weight excluding hydrogens is 210 g/mol. The van der Waals surface area contributed by atoms with Crippen LogP contribution in [0.15, 0.2) is 24.3 Å². The number of nitrogens with zero attached hydrogens (tertiary/aromatic N) is 2. The third-order valence-electron chi connectivity index (χ3n) is 3.76. The van der Waals surface area contributed by atoms with E-state index in [1.54, 1.807) is 0 Å². The quantitative estimate of drug-likeness (QED) is 0.875. The molecule has 1 aromatic heterocycles. The van der Waals surface area contributed by atoms with E-state index in [0.29, 0.717) is 6.04 Å². The molecule has 1 aliphatic heterocycles. The Kier molecular flexibility index (Phi) is 2.85. The maximum Gasteiger partial charge on any atom is 0.109 e. The molecule has 90 valence electrons. The number of imidazole rings is 1. The normalized spacial score (nSPS) is 20.2. The van der Waals surface area contributed by atoms with Gasteiger partial charge in [0.1, 0.15) is 5.82 Å². The molecule has 1 aliphatic rings. The van der Waals surface area contributed by atoms with Crippen LogP contribution in [0.1, 0.15) is 25.1 Å². The zero-order valence-electron chi connectivity index (χ0n) is 10.3.